The first-order chi connectivity index (χ1) is 10.8. The van der Waals surface area contributed by atoms with E-state index < -0.39 is 10.0 Å². The maximum Gasteiger partial charge on any atom is 0.251 e. The minimum atomic E-state index is -3.62. The Bertz CT molecular complexity index is 665. The van der Waals surface area contributed by atoms with Crippen LogP contribution in [0.15, 0.2) is 29.2 Å². The van der Waals surface area contributed by atoms with Gasteiger partial charge in [-0.25, -0.2) is 13.1 Å². The molecule has 0 heterocycles. The van der Waals surface area contributed by atoms with Gasteiger partial charge in [0.25, 0.3) is 5.91 Å². The summed E-state index contributed by atoms with van der Waals surface area (Å²) in [6.07, 6.45) is 3.82. The quantitative estimate of drug-likeness (QED) is 0.728. The fourth-order valence-corrected chi connectivity index (χ4v) is 4.22. The molecule has 0 spiro atoms. The SMILES string of the molecule is CC(C)NS(=O)(=O)c1cccc(C(=O)NC2(CN)CCCC2)c1. The first kappa shape index (κ1) is 17.9. The Kier molecular flexibility index (Phi) is 5.44. The van der Waals surface area contributed by atoms with Gasteiger partial charge in [0.15, 0.2) is 0 Å². The lowest BCUT2D eigenvalue weighted by atomic mass is 9.97. The van der Waals surface area contributed by atoms with Crippen LogP contribution < -0.4 is 15.8 Å². The van der Waals surface area contributed by atoms with Gasteiger partial charge in [0.05, 0.1) is 10.4 Å². The number of sulfonamides is 1. The van der Waals surface area contributed by atoms with E-state index in [2.05, 4.69) is 10.0 Å². The molecule has 23 heavy (non-hydrogen) atoms. The number of nitrogens with two attached hydrogens (primary N) is 1. The van der Waals surface area contributed by atoms with Crippen molar-refractivity contribution < 1.29 is 13.2 Å². The van der Waals surface area contributed by atoms with E-state index in [1.54, 1.807) is 26.0 Å². The zero-order chi connectivity index (χ0) is 17.1. The van der Waals surface area contributed by atoms with Crippen LogP contribution in [0, 0.1) is 0 Å². The molecular formula is C16H25N3O3S. The molecule has 1 aromatic rings. The van der Waals surface area contributed by atoms with E-state index in [4.69, 9.17) is 5.73 Å². The first-order valence-electron chi connectivity index (χ1n) is 7.93. The Morgan fingerprint density at radius 3 is 2.52 bits per heavy atom. The molecule has 1 saturated carbocycles. The lowest BCUT2D eigenvalue weighted by Crippen LogP contribution is -2.51. The third kappa shape index (κ3) is 4.31. The minimum absolute atomic E-state index is 0.0899. The summed E-state index contributed by atoms with van der Waals surface area (Å²) in [7, 11) is -3.62. The molecule has 1 amide bonds. The molecule has 0 unspecified atom stereocenters. The number of benzene rings is 1. The lowest BCUT2D eigenvalue weighted by molar-refractivity contribution is 0.0903. The first-order valence-corrected chi connectivity index (χ1v) is 9.41. The minimum Gasteiger partial charge on any atom is -0.345 e. The molecule has 0 aromatic heterocycles. The molecule has 1 aromatic carbocycles. The highest BCUT2D eigenvalue weighted by atomic mass is 32.2. The normalized spacial score (nSPS) is 17.4. The molecular weight excluding hydrogens is 314 g/mol. The number of carbonyl (C=O) groups is 1. The fraction of sp³-hybridized carbons (Fsp3) is 0.562. The Hall–Kier alpha value is -1.44. The van der Waals surface area contributed by atoms with Crippen LogP contribution in [0.2, 0.25) is 0 Å². The van der Waals surface area contributed by atoms with E-state index in [1.165, 1.54) is 12.1 Å². The van der Waals surface area contributed by atoms with Crippen molar-refractivity contribution in [3.8, 4) is 0 Å². The van der Waals surface area contributed by atoms with Crippen LogP contribution in [-0.4, -0.2) is 32.5 Å². The second kappa shape index (κ2) is 6.98. The third-order valence-electron chi connectivity index (χ3n) is 4.13. The number of carbonyl (C=O) groups excluding carboxylic acids is 1. The second-order valence-corrected chi connectivity index (χ2v) is 8.16. The van der Waals surface area contributed by atoms with Gasteiger partial charge in [-0.15, -0.1) is 0 Å². The molecule has 2 rings (SSSR count). The van der Waals surface area contributed by atoms with Crippen LogP contribution in [0.4, 0.5) is 0 Å². The molecule has 1 aliphatic carbocycles. The Morgan fingerprint density at radius 2 is 1.96 bits per heavy atom. The molecule has 0 bridgehead atoms. The summed E-state index contributed by atoms with van der Waals surface area (Å²) < 4.78 is 27.0. The summed E-state index contributed by atoms with van der Waals surface area (Å²) in [5.41, 5.74) is 5.80. The Morgan fingerprint density at radius 1 is 1.30 bits per heavy atom. The van der Waals surface area contributed by atoms with Gasteiger partial charge >= 0.3 is 0 Å². The van der Waals surface area contributed by atoms with Gasteiger partial charge in [-0.3, -0.25) is 4.79 Å². The smallest absolute Gasteiger partial charge is 0.251 e. The summed E-state index contributed by atoms with van der Waals surface area (Å²) in [4.78, 5) is 12.6. The highest BCUT2D eigenvalue weighted by Crippen LogP contribution is 2.29. The zero-order valence-electron chi connectivity index (χ0n) is 13.6. The highest BCUT2D eigenvalue weighted by Gasteiger charge is 2.34. The lowest BCUT2D eigenvalue weighted by Gasteiger charge is -2.28. The predicted octanol–water partition coefficient (Wildman–Crippen LogP) is 1.37. The van der Waals surface area contributed by atoms with Crippen LogP contribution in [0.25, 0.3) is 0 Å². The summed E-state index contributed by atoms with van der Waals surface area (Å²) in [6.45, 7) is 3.89. The topological polar surface area (TPSA) is 101 Å². The highest BCUT2D eigenvalue weighted by molar-refractivity contribution is 7.89. The van der Waals surface area contributed by atoms with Crippen molar-refractivity contribution in [3.63, 3.8) is 0 Å². The van der Waals surface area contributed by atoms with Crippen molar-refractivity contribution in [2.24, 2.45) is 5.73 Å². The van der Waals surface area contributed by atoms with E-state index in [9.17, 15) is 13.2 Å². The molecule has 7 heteroatoms. The van der Waals surface area contributed by atoms with E-state index in [1.807, 2.05) is 0 Å². The molecule has 0 atom stereocenters. The van der Waals surface area contributed by atoms with E-state index >= 15 is 0 Å². The molecule has 6 nitrogen and oxygen atoms in total. The molecule has 1 aliphatic rings. The second-order valence-electron chi connectivity index (χ2n) is 6.45. The van der Waals surface area contributed by atoms with Gasteiger partial charge in [0.1, 0.15) is 0 Å². The van der Waals surface area contributed by atoms with Crippen molar-refractivity contribution >= 4 is 15.9 Å². The largest absolute Gasteiger partial charge is 0.345 e. The van der Waals surface area contributed by atoms with Crippen molar-refractivity contribution in [3.05, 3.63) is 29.8 Å². The van der Waals surface area contributed by atoms with Crippen molar-refractivity contribution in [2.75, 3.05) is 6.54 Å². The van der Waals surface area contributed by atoms with Crippen LogP contribution in [0.5, 0.6) is 0 Å². The molecule has 128 valence electrons. The monoisotopic (exact) mass is 339 g/mol. The van der Waals surface area contributed by atoms with E-state index in [0.717, 1.165) is 25.7 Å². The van der Waals surface area contributed by atoms with Crippen molar-refractivity contribution in [1.82, 2.24) is 10.0 Å². The van der Waals surface area contributed by atoms with Crippen LogP contribution >= 0.6 is 0 Å². The standard InChI is InChI=1S/C16H25N3O3S/c1-12(2)19-23(21,22)14-7-5-6-13(10-14)15(20)18-16(11-17)8-3-4-9-16/h5-7,10,12,19H,3-4,8-9,11,17H2,1-2H3,(H,18,20). The average Bonchev–Trinajstić information content (AvgIpc) is 2.95. The number of hydrogen-bond donors (Lipinski definition) is 3. The van der Waals surface area contributed by atoms with Gasteiger partial charge in [0, 0.05) is 18.2 Å². The third-order valence-corrected chi connectivity index (χ3v) is 5.78. The number of rotatable bonds is 6. The molecule has 0 radical (unpaired) electrons. The van der Waals surface area contributed by atoms with Gasteiger partial charge < -0.3 is 11.1 Å². The Labute approximate surface area is 137 Å². The fourth-order valence-electron chi connectivity index (χ4n) is 2.93. The summed E-state index contributed by atoms with van der Waals surface area (Å²) in [5, 5.41) is 3.00. The Balaban J connectivity index is 2.21. The number of hydrogen-bond acceptors (Lipinski definition) is 4. The molecule has 0 saturated heterocycles. The van der Waals surface area contributed by atoms with Gasteiger partial charge in [-0.05, 0) is 44.9 Å². The summed E-state index contributed by atoms with van der Waals surface area (Å²) in [6, 6.07) is 5.86. The van der Waals surface area contributed by atoms with Gasteiger partial charge in [0.2, 0.25) is 10.0 Å². The molecule has 0 aliphatic heterocycles. The predicted molar refractivity (Wildman–Crippen MR) is 89.6 cm³/mol. The van der Waals surface area contributed by atoms with Crippen molar-refractivity contribution in [2.45, 2.75) is 56.0 Å². The van der Waals surface area contributed by atoms with E-state index in [-0.39, 0.29) is 22.4 Å². The summed E-state index contributed by atoms with van der Waals surface area (Å²) in [5.74, 6) is -0.279. The van der Waals surface area contributed by atoms with Crippen LogP contribution in [0.1, 0.15) is 49.9 Å². The van der Waals surface area contributed by atoms with Crippen LogP contribution in [0.3, 0.4) is 0 Å². The summed E-state index contributed by atoms with van der Waals surface area (Å²) >= 11 is 0. The maximum atomic E-state index is 12.5. The molecule has 1 fully saturated rings. The average molecular weight is 339 g/mol. The molecule has 4 N–H and O–H groups in total. The van der Waals surface area contributed by atoms with Crippen LogP contribution in [-0.2, 0) is 10.0 Å². The van der Waals surface area contributed by atoms with Gasteiger partial charge in [-0.2, -0.15) is 0 Å². The maximum absolute atomic E-state index is 12.5. The van der Waals surface area contributed by atoms with E-state index in [0.29, 0.717) is 12.1 Å². The van der Waals surface area contributed by atoms with Gasteiger partial charge in [-0.1, -0.05) is 18.9 Å². The number of nitrogens with one attached hydrogen (secondary N) is 2. The zero-order valence-corrected chi connectivity index (χ0v) is 14.4. The van der Waals surface area contributed by atoms with Crippen molar-refractivity contribution in [1.29, 1.82) is 0 Å². The number of amides is 1.